The largest absolute Gasteiger partial charge is 0.491 e. The Hall–Kier alpha value is -3.08. The molecule has 5 nitrogen and oxygen atoms in total. The smallest absolute Gasteiger partial charge is 0.335 e. The quantitative estimate of drug-likeness (QED) is 0.744. The molecule has 0 aliphatic carbocycles. The summed E-state index contributed by atoms with van der Waals surface area (Å²) < 4.78 is 5.57. The van der Waals surface area contributed by atoms with Gasteiger partial charge in [0.2, 0.25) is 5.91 Å². The van der Waals surface area contributed by atoms with Crippen LogP contribution in [0.25, 0.3) is 6.08 Å². The molecule has 2 aromatic rings. The summed E-state index contributed by atoms with van der Waals surface area (Å²) in [5, 5.41) is 11.8. The molecule has 0 aliphatic rings. The second-order valence-electron chi connectivity index (χ2n) is 5.60. The third-order valence-electron chi connectivity index (χ3n) is 3.45. The second kappa shape index (κ2) is 8.68. The molecule has 2 N–H and O–H groups in total. The minimum absolute atomic E-state index is 0.0849. The minimum atomic E-state index is -1.06. The number of hydrogen-bond donors (Lipinski definition) is 2. The van der Waals surface area contributed by atoms with Crippen molar-refractivity contribution in [2.45, 2.75) is 20.3 Å². The van der Waals surface area contributed by atoms with Crippen LogP contribution in [0.2, 0.25) is 0 Å². The van der Waals surface area contributed by atoms with Gasteiger partial charge >= 0.3 is 5.97 Å². The maximum Gasteiger partial charge on any atom is 0.335 e. The van der Waals surface area contributed by atoms with Crippen LogP contribution in [0.4, 0.5) is 5.69 Å². The Morgan fingerprint density at radius 2 is 1.88 bits per heavy atom. The molecule has 1 amide bonds. The molecular weight excluding hydrogens is 318 g/mol. The number of rotatable bonds is 7. The highest BCUT2D eigenvalue weighted by molar-refractivity contribution is 6.03. The van der Waals surface area contributed by atoms with E-state index in [-0.39, 0.29) is 11.5 Å². The molecule has 5 heteroatoms. The lowest BCUT2D eigenvalue weighted by Crippen LogP contribution is -2.11. The predicted octanol–water partition coefficient (Wildman–Crippen LogP) is 4.13. The van der Waals surface area contributed by atoms with Crippen molar-refractivity contribution >= 4 is 23.6 Å². The molecule has 0 radical (unpaired) electrons. The van der Waals surface area contributed by atoms with E-state index in [0.717, 1.165) is 17.5 Å². The number of benzene rings is 2. The summed E-state index contributed by atoms with van der Waals surface area (Å²) in [5.41, 5.74) is 2.47. The Bertz CT molecular complexity index is 779. The number of carbonyl (C=O) groups excluding carboxylic acids is 1. The lowest BCUT2D eigenvalue weighted by Gasteiger charge is -2.12. The van der Waals surface area contributed by atoms with Crippen molar-refractivity contribution in [1.82, 2.24) is 0 Å². The normalized spacial score (nSPS) is 10.6. The Labute approximate surface area is 146 Å². The topological polar surface area (TPSA) is 75.6 Å². The van der Waals surface area contributed by atoms with Crippen LogP contribution in [0.1, 0.15) is 34.8 Å². The Morgan fingerprint density at radius 3 is 2.52 bits per heavy atom. The van der Waals surface area contributed by atoms with Gasteiger partial charge in [-0.1, -0.05) is 36.8 Å². The van der Waals surface area contributed by atoms with Crippen molar-refractivity contribution in [3.05, 3.63) is 65.2 Å². The fourth-order valence-electron chi connectivity index (χ4n) is 2.12. The molecule has 0 aliphatic heterocycles. The molecule has 0 atom stereocenters. The molecular formula is C20H21NO4. The third kappa shape index (κ3) is 5.49. The summed E-state index contributed by atoms with van der Waals surface area (Å²) >= 11 is 0. The number of aryl methyl sites for hydroxylation is 1. The predicted molar refractivity (Wildman–Crippen MR) is 98.0 cm³/mol. The maximum atomic E-state index is 12.2. The second-order valence-corrected chi connectivity index (χ2v) is 5.60. The lowest BCUT2D eigenvalue weighted by molar-refractivity contribution is -0.111. The van der Waals surface area contributed by atoms with Gasteiger partial charge in [-0.2, -0.15) is 0 Å². The molecule has 2 rings (SSSR count). The molecule has 0 saturated carbocycles. The molecule has 0 aromatic heterocycles. The number of hydrogen-bond acceptors (Lipinski definition) is 3. The van der Waals surface area contributed by atoms with Gasteiger partial charge in [-0.25, -0.2) is 4.79 Å². The van der Waals surface area contributed by atoms with Crippen molar-refractivity contribution in [3.63, 3.8) is 0 Å². The average molecular weight is 339 g/mol. The number of amides is 1. The zero-order valence-corrected chi connectivity index (χ0v) is 14.3. The van der Waals surface area contributed by atoms with Crippen LogP contribution in [0.15, 0.2) is 48.5 Å². The monoisotopic (exact) mass is 339 g/mol. The van der Waals surface area contributed by atoms with Gasteiger partial charge in [0.25, 0.3) is 0 Å². The Morgan fingerprint density at radius 1 is 1.16 bits per heavy atom. The van der Waals surface area contributed by atoms with Crippen LogP contribution < -0.4 is 10.1 Å². The average Bonchev–Trinajstić information content (AvgIpc) is 2.60. The van der Waals surface area contributed by atoms with Gasteiger partial charge < -0.3 is 15.2 Å². The first-order valence-electron chi connectivity index (χ1n) is 8.05. The number of aromatic carboxylic acids is 1. The highest BCUT2D eigenvalue weighted by Crippen LogP contribution is 2.26. The van der Waals surface area contributed by atoms with Crippen molar-refractivity contribution in [2.75, 3.05) is 11.9 Å². The molecule has 130 valence electrons. The van der Waals surface area contributed by atoms with Crippen LogP contribution in [0, 0.1) is 6.92 Å². The lowest BCUT2D eigenvalue weighted by atomic mass is 10.1. The van der Waals surface area contributed by atoms with Crippen LogP contribution in [0.3, 0.4) is 0 Å². The standard InChI is InChI=1S/C20H21NO4/c1-3-12-25-18-10-9-16(20(23)24)13-17(18)21-19(22)11-8-15-6-4-14(2)5-7-15/h4-11,13H,3,12H2,1-2H3,(H,21,22)(H,23,24)/b11-8+. The zero-order valence-electron chi connectivity index (χ0n) is 14.3. The fourth-order valence-corrected chi connectivity index (χ4v) is 2.12. The van der Waals surface area contributed by atoms with E-state index in [0.29, 0.717) is 18.0 Å². The molecule has 2 aromatic carbocycles. The van der Waals surface area contributed by atoms with E-state index in [1.807, 2.05) is 38.1 Å². The first kappa shape index (κ1) is 18.3. The number of nitrogens with one attached hydrogen (secondary N) is 1. The van der Waals surface area contributed by atoms with E-state index in [9.17, 15) is 9.59 Å². The van der Waals surface area contributed by atoms with Crippen LogP contribution >= 0.6 is 0 Å². The number of carbonyl (C=O) groups is 2. The van der Waals surface area contributed by atoms with Gasteiger partial charge in [-0.05, 0) is 43.2 Å². The third-order valence-corrected chi connectivity index (χ3v) is 3.45. The van der Waals surface area contributed by atoms with Gasteiger partial charge in [0, 0.05) is 6.08 Å². The Balaban J connectivity index is 2.15. The Kier molecular flexibility index (Phi) is 6.34. The van der Waals surface area contributed by atoms with E-state index < -0.39 is 5.97 Å². The summed E-state index contributed by atoms with van der Waals surface area (Å²) in [7, 11) is 0. The maximum absolute atomic E-state index is 12.2. The van der Waals surface area contributed by atoms with Crippen molar-refractivity contribution in [3.8, 4) is 5.75 Å². The molecule has 0 unspecified atom stereocenters. The van der Waals surface area contributed by atoms with Gasteiger partial charge in [-0.15, -0.1) is 0 Å². The van der Waals surface area contributed by atoms with Gasteiger partial charge in [0.15, 0.2) is 0 Å². The highest BCUT2D eigenvalue weighted by atomic mass is 16.5. The van der Waals surface area contributed by atoms with Crippen LogP contribution in [-0.4, -0.2) is 23.6 Å². The summed E-state index contributed by atoms with van der Waals surface area (Å²) in [4.78, 5) is 23.3. The van der Waals surface area contributed by atoms with E-state index in [4.69, 9.17) is 9.84 Å². The van der Waals surface area contributed by atoms with Crippen molar-refractivity contribution in [1.29, 1.82) is 0 Å². The molecule has 0 spiro atoms. The van der Waals surface area contributed by atoms with Crippen LogP contribution in [0.5, 0.6) is 5.75 Å². The number of carboxylic acids is 1. The summed E-state index contributed by atoms with van der Waals surface area (Å²) in [5.74, 6) is -0.971. The first-order valence-corrected chi connectivity index (χ1v) is 8.05. The molecule has 25 heavy (non-hydrogen) atoms. The molecule has 0 bridgehead atoms. The summed E-state index contributed by atoms with van der Waals surface area (Å²) in [6.07, 6.45) is 3.91. The molecule has 0 heterocycles. The van der Waals surface area contributed by atoms with E-state index in [2.05, 4.69) is 5.32 Å². The number of ether oxygens (including phenoxy) is 1. The fraction of sp³-hybridized carbons (Fsp3) is 0.200. The van der Waals surface area contributed by atoms with Crippen molar-refractivity contribution in [2.24, 2.45) is 0 Å². The summed E-state index contributed by atoms with van der Waals surface area (Å²) in [6, 6.07) is 12.2. The zero-order chi connectivity index (χ0) is 18.2. The van der Waals surface area contributed by atoms with Gasteiger partial charge in [-0.3, -0.25) is 4.79 Å². The van der Waals surface area contributed by atoms with Crippen molar-refractivity contribution < 1.29 is 19.4 Å². The molecule has 0 fully saturated rings. The van der Waals surface area contributed by atoms with E-state index in [1.54, 1.807) is 12.1 Å². The SMILES string of the molecule is CCCOc1ccc(C(=O)O)cc1NC(=O)/C=C/c1ccc(C)cc1. The van der Waals surface area contributed by atoms with Crippen LogP contribution in [-0.2, 0) is 4.79 Å². The summed E-state index contributed by atoms with van der Waals surface area (Å²) in [6.45, 7) is 4.44. The number of anilines is 1. The number of carboxylic acid groups (broad SMARTS) is 1. The minimum Gasteiger partial charge on any atom is -0.491 e. The van der Waals surface area contributed by atoms with E-state index in [1.165, 1.54) is 18.2 Å². The molecule has 0 saturated heterocycles. The van der Waals surface area contributed by atoms with E-state index >= 15 is 0 Å². The van der Waals surface area contributed by atoms with Gasteiger partial charge in [0.05, 0.1) is 17.9 Å². The van der Waals surface area contributed by atoms with Gasteiger partial charge in [0.1, 0.15) is 5.75 Å². The highest BCUT2D eigenvalue weighted by Gasteiger charge is 2.11. The first-order chi connectivity index (χ1) is 12.0.